The molecular weight excluding hydrogens is 416 g/mol. The first-order valence-corrected chi connectivity index (χ1v) is 9.43. The van der Waals surface area contributed by atoms with E-state index >= 15 is 0 Å². The number of ether oxygens (including phenoxy) is 1. The molecule has 32 heavy (non-hydrogen) atoms. The molecule has 3 aromatic carbocycles. The van der Waals surface area contributed by atoms with E-state index in [4.69, 9.17) is 4.74 Å². The minimum atomic E-state index is -0.565. The van der Waals surface area contributed by atoms with Gasteiger partial charge >= 0.3 is 5.69 Å². The van der Waals surface area contributed by atoms with E-state index in [0.29, 0.717) is 5.56 Å². The molecule has 0 fully saturated rings. The van der Waals surface area contributed by atoms with Crippen LogP contribution in [0.1, 0.15) is 16.7 Å². The Balaban J connectivity index is 1.64. The van der Waals surface area contributed by atoms with Gasteiger partial charge in [-0.25, -0.2) is 5.43 Å². The number of carbonyl (C=O) groups is 1. The highest BCUT2D eigenvalue weighted by Crippen LogP contribution is 2.28. The molecule has 0 aromatic heterocycles. The number of para-hydroxylation sites is 1. The van der Waals surface area contributed by atoms with E-state index in [2.05, 4.69) is 10.5 Å². The number of nitrogens with one attached hydrogen (secondary N) is 1. The summed E-state index contributed by atoms with van der Waals surface area (Å²) in [4.78, 5) is 33.4. The van der Waals surface area contributed by atoms with Crippen molar-refractivity contribution in [2.75, 3.05) is 0 Å². The van der Waals surface area contributed by atoms with Crippen LogP contribution in [0, 0.1) is 20.2 Å². The van der Waals surface area contributed by atoms with E-state index in [0.717, 1.165) is 5.56 Å². The topological polar surface area (TPSA) is 137 Å². The van der Waals surface area contributed by atoms with E-state index < -0.39 is 15.8 Å². The van der Waals surface area contributed by atoms with Crippen LogP contribution in [0.25, 0.3) is 0 Å². The van der Waals surface area contributed by atoms with Gasteiger partial charge in [0.2, 0.25) is 5.91 Å². The monoisotopic (exact) mass is 434 g/mol. The molecule has 0 aliphatic rings. The van der Waals surface area contributed by atoms with Gasteiger partial charge in [-0.05, 0) is 17.7 Å². The number of carbonyl (C=O) groups excluding carboxylic acids is 1. The van der Waals surface area contributed by atoms with E-state index in [9.17, 15) is 25.0 Å². The van der Waals surface area contributed by atoms with Crippen LogP contribution in [0.2, 0.25) is 0 Å². The summed E-state index contributed by atoms with van der Waals surface area (Å²) in [5.41, 5.74) is 3.35. The first-order chi connectivity index (χ1) is 15.4. The van der Waals surface area contributed by atoms with Gasteiger partial charge in [0.25, 0.3) is 5.69 Å². The maximum Gasteiger partial charge on any atom is 0.311 e. The quantitative estimate of drug-likeness (QED) is 0.309. The summed E-state index contributed by atoms with van der Waals surface area (Å²) in [6.07, 6.45) is 1.01. The van der Waals surface area contributed by atoms with E-state index in [1.165, 1.54) is 36.5 Å². The Kier molecular flexibility index (Phi) is 7.20. The minimum absolute atomic E-state index is 0.108. The molecular formula is C22H18N4O6. The van der Waals surface area contributed by atoms with Crippen molar-refractivity contribution in [1.29, 1.82) is 0 Å². The molecule has 0 radical (unpaired) electrons. The zero-order valence-corrected chi connectivity index (χ0v) is 16.7. The lowest BCUT2D eigenvalue weighted by Gasteiger charge is -2.07. The molecule has 3 aromatic rings. The van der Waals surface area contributed by atoms with Crippen LogP contribution in [0.5, 0.6) is 5.75 Å². The maximum absolute atomic E-state index is 12.1. The van der Waals surface area contributed by atoms with Crippen molar-refractivity contribution in [1.82, 2.24) is 5.43 Å². The largest absolute Gasteiger partial charge is 0.482 e. The number of nitrogens with zero attached hydrogens (tertiary/aromatic N) is 3. The molecule has 10 heteroatoms. The van der Waals surface area contributed by atoms with Crippen LogP contribution >= 0.6 is 0 Å². The normalized spacial score (nSPS) is 10.6. The first kappa shape index (κ1) is 22.1. The predicted molar refractivity (Wildman–Crippen MR) is 116 cm³/mol. The number of hydrogen-bond acceptors (Lipinski definition) is 7. The standard InChI is InChI=1S/C22H18N4O6/c27-22(13-18-8-4-5-9-19(18)25(28)29)24-23-14-17-10-11-21(20(12-17)26(30)31)32-15-16-6-2-1-3-7-16/h1-12,14H,13,15H2,(H,24,27). The molecule has 0 saturated heterocycles. The van der Waals surface area contributed by atoms with Gasteiger partial charge in [-0.1, -0.05) is 48.5 Å². The van der Waals surface area contributed by atoms with Crippen LogP contribution in [0.15, 0.2) is 77.9 Å². The lowest BCUT2D eigenvalue weighted by Crippen LogP contribution is -2.20. The molecule has 1 N–H and O–H groups in total. The molecule has 10 nitrogen and oxygen atoms in total. The van der Waals surface area contributed by atoms with Crippen molar-refractivity contribution < 1.29 is 19.4 Å². The summed E-state index contributed by atoms with van der Waals surface area (Å²) in [5, 5.41) is 26.2. The molecule has 0 atom stereocenters. The SMILES string of the molecule is O=C(Cc1ccccc1[N+](=O)[O-])NN=Cc1ccc(OCc2ccccc2)c([N+](=O)[O-])c1. The highest BCUT2D eigenvalue weighted by Gasteiger charge is 2.17. The summed E-state index contributed by atoms with van der Waals surface area (Å²) < 4.78 is 5.57. The minimum Gasteiger partial charge on any atom is -0.482 e. The summed E-state index contributed by atoms with van der Waals surface area (Å²) in [5.74, 6) is -0.454. The van der Waals surface area contributed by atoms with Gasteiger partial charge in [0.1, 0.15) is 6.61 Å². The van der Waals surface area contributed by atoms with E-state index in [-0.39, 0.29) is 35.7 Å². The Morgan fingerprint density at radius 1 is 0.938 bits per heavy atom. The van der Waals surface area contributed by atoms with E-state index in [1.54, 1.807) is 12.1 Å². The van der Waals surface area contributed by atoms with Crippen LogP contribution in [-0.4, -0.2) is 22.0 Å². The Morgan fingerprint density at radius 3 is 2.34 bits per heavy atom. The van der Waals surface area contributed by atoms with Gasteiger partial charge < -0.3 is 4.74 Å². The molecule has 0 bridgehead atoms. The van der Waals surface area contributed by atoms with Crippen molar-refractivity contribution in [2.24, 2.45) is 5.10 Å². The van der Waals surface area contributed by atoms with Gasteiger partial charge in [0.15, 0.2) is 5.75 Å². The van der Waals surface area contributed by atoms with Crippen molar-refractivity contribution in [3.8, 4) is 5.75 Å². The second-order valence-electron chi connectivity index (χ2n) is 6.61. The number of nitro groups is 2. The first-order valence-electron chi connectivity index (χ1n) is 9.43. The molecule has 0 spiro atoms. The third-order valence-corrected chi connectivity index (χ3v) is 4.36. The van der Waals surface area contributed by atoms with Crippen LogP contribution in [-0.2, 0) is 17.8 Å². The van der Waals surface area contributed by atoms with Crippen molar-refractivity contribution in [2.45, 2.75) is 13.0 Å². The van der Waals surface area contributed by atoms with Crippen molar-refractivity contribution in [3.05, 3.63) is 110 Å². The Labute approximate surface area is 182 Å². The molecule has 1 amide bonds. The van der Waals surface area contributed by atoms with Crippen LogP contribution in [0.3, 0.4) is 0 Å². The molecule has 162 valence electrons. The van der Waals surface area contributed by atoms with Crippen molar-refractivity contribution in [3.63, 3.8) is 0 Å². The van der Waals surface area contributed by atoms with Gasteiger partial charge in [0, 0.05) is 23.3 Å². The summed E-state index contributed by atoms with van der Waals surface area (Å²) in [6, 6.07) is 19.4. The summed E-state index contributed by atoms with van der Waals surface area (Å²) >= 11 is 0. The molecule has 0 unspecified atom stereocenters. The lowest BCUT2D eigenvalue weighted by atomic mass is 10.1. The van der Waals surface area contributed by atoms with Crippen LogP contribution < -0.4 is 10.2 Å². The molecule has 3 rings (SSSR count). The average Bonchev–Trinajstić information content (AvgIpc) is 2.79. The second kappa shape index (κ2) is 10.4. The second-order valence-corrected chi connectivity index (χ2v) is 6.61. The summed E-state index contributed by atoms with van der Waals surface area (Å²) in [6.45, 7) is 0.177. The number of hydrogen-bond donors (Lipinski definition) is 1. The third kappa shape index (κ3) is 5.95. The summed E-state index contributed by atoms with van der Waals surface area (Å²) in [7, 11) is 0. The number of nitro benzene ring substituents is 2. The lowest BCUT2D eigenvalue weighted by molar-refractivity contribution is -0.386. The fraction of sp³-hybridized carbons (Fsp3) is 0.0909. The van der Waals surface area contributed by atoms with Gasteiger partial charge in [-0.3, -0.25) is 25.0 Å². The maximum atomic E-state index is 12.1. The molecule has 0 saturated carbocycles. The van der Waals surface area contributed by atoms with Gasteiger partial charge in [-0.15, -0.1) is 0 Å². The Bertz CT molecular complexity index is 1160. The number of hydrazone groups is 1. The fourth-order valence-corrected chi connectivity index (χ4v) is 2.84. The van der Waals surface area contributed by atoms with Crippen molar-refractivity contribution >= 4 is 23.5 Å². The zero-order chi connectivity index (χ0) is 22.9. The van der Waals surface area contributed by atoms with Gasteiger partial charge in [-0.2, -0.15) is 5.10 Å². The predicted octanol–water partition coefficient (Wildman–Crippen LogP) is 3.77. The zero-order valence-electron chi connectivity index (χ0n) is 16.7. The van der Waals surface area contributed by atoms with Crippen LogP contribution in [0.4, 0.5) is 11.4 Å². The third-order valence-electron chi connectivity index (χ3n) is 4.36. The number of rotatable bonds is 9. The fourth-order valence-electron chi connectivity index (χ4n) is 2.84. The number of amides is 1. The molecule has 0 aliphatic heterocycles. The average molecular weight is 434 g/mol. The van der Waals surface area contributed by atoms with E-state index in [1.807, 2.05) is 30.3 Å². The van der Waals surface area contributed by atoms with Gasteiger partial charge in [0.05, 0.1) is 22.5 Å². The smallest absolute Gasteiger partial charge is 0.311 e. The number of benzene rings is 3. The Hall–Kier alpha value is -4.60. The highest BCUT2D eigenvalue weighted by atomic mass is 16.6. The molecule has 0 aliphatic carbocycles. The Morgan fingerprint density at radius 2 is 1.62 bits per heavy atom. The molecule has 0 heterocycles. The highest BCUT2D eigenvalue weighted by molar-refractivity contribution is 5.84.